The lowest BCUT2D eigenvalue weighted by Gasteiger charge is -2.14. The van der Waals surface area contributed by atoms with Crippen molar-refractivity contribution < 1.29 is 9.13 Å². The van der Waals surface area contributed by atoms with Crippen molar-refractivity contribution in [1.29, 1.82) is 0 Å². The minimum Gasteiger partial charge on any atom is -0.472 e. The van der Waals surface area contributed by atoms with Crippen molar-refractivity contribution in [3.05, 3.63) is 47.0 Å². The van der Waals surface area contributed by atoms with Gasteiger partial charge >= 0.3 is 0 Å². The second kappa shape index (κ2) is 6.49. The fourth-order valence-corrected chi connectivity index (χ4v) is 1.81. The van der Waals surface area contributed by atoms with Crippen LogP contribution in [-0.2, 0) is 6.61 Å². The maximum absolute atomic E-state index is 13.6. The Bertz CT molecular complexity index is 631. The average molecular weight is 290 g/mol. The van der Waals surface area contributed by atoms with Crippen LogP contribution in [-0.4, -0.2) is 9.97 Å². The molecule has 21 heavy (non-hydrogen) atoms. The second-order valence-corrected chi connectivity index (χ2v) is 5.04. The molecule has 3 N–H and O–H groups in total. The van der Waals surface area contributed by atoms with Gasteiger partial charge < -0.3 is 10.2 Å². The third kappa shape index (κ3) is 3.46. The molecule has 0 unspecified atom stereocenters. The molecule has 0 amide bonds. The summed E-state index contributed by atoms with van der Waals surface area (Å²) in [5.74, 6) is 6.84. The first-order valence-electron chi connectivity index (χ1n) is 6.74. The first-order chi connectivity index (χ1) is 10.0. The highest BCUT2D eigenvalue weighted by Gasteiger charge is 2.14. The number of nitrogens with two attached hydrogens (primary N) is 1. The fraction of sp³-hybridized carbons (Fsp3) is 0.333. The van der Waals surface area contributed by atoms with Crippen LogP contribution < -0.4 is 16.0 Å². The van der Waals surface area contributed by atoms with Crippen LogP contribution in [0.25, 0.3) is 0 Å². The van der Waals surface area contributed by atoms with E-state index in [2.05, 4.69) is 15.4 Å². The van der Waals surface area contributed by atoms with Crippen molar-refractivity contribution in [3.8, 4) is 5.88 Å². The number of nitrogens with one attached hydrogen (secondary N) is 1. The van der Waals surface area contributed by atoms with Gasteiger partial charge in [-0.3, -0.25) is 0 Å². The summed E-state index contributed by atoms with van der Waals surface area (Å²) < 4.78 is 19.3. The number of nitrogens with zero attached hydrogens (tertiary/aromatic N) is 2. The summed E-state index contributed by atoms with van der Waals surface area (Å²) in [4.78, 5) is 8.70. The molecule has 5 nitrogen and oxygen atoms in total. The highest BCUT2D eigenvalue weighted by Crippen LogP contribution is 2.25. The Morgan fingerprint density at radius 2 is 2.00 bits per heavy atom. The zero-order valence-corrected chi connectivity index (χ0v) is 12.4. The zero-order chi connectivity index (χ0) is 15.4. The van der Waals surface area contributed by atoms with E-state index < -0.39 is 0 Å². The average Bonchev–Trinajstić information content (AvgIpc) is 2.47. The normalized spacial score (nSPS) is 10.8. The molecule has 0 saturated heterocycles. The van der Waals surface area contributed by atoms with Crippen molar-refractivity contribution in [2.24, 2.45) is 5.84 Å². The van der Waals surface area contributed by atoms with Crippen molar-refractivity contribution in [3.63, 3.8) is 0 Å². The Morgan fingerprint density at radius 1 is 1.29 bits per heavy atom. The van der Waals surface area contributed by atoms with E-state index in [0.29, 0.717) is 28.6 Å². The fourth-order valence-electron chi connectivity index (χ4n) is 1.81. The minimum atomic E-state index is -0.300. The Hall–Kier alpha value is -2.21. The summed E-state index contributed by atoms with van der Waals surface area (Å²) in [5.41, 5.74) is 3.70. The van der Waals surface area contributed by atoms with Crippen LogP contribution >= 0.6 is 0 Å². The SMILES string of the molecule is Cc1c(NN)nc(C(C)C)nc1OCc1ccccc1F. The number of ether oxygens (including phenoxy) is 1. The van der Waals surface area contributed by atoms with Gasteiger partial charge in [0.05, 0.1) is 5.56 Å². The van der Waals surface area contributed by atoms with E-state index in [9.17, 15) is 4.39 Å². The van der Waals surface area contributed by atoms with Crippen molar-refractivity contribution in [1.82, 2.24) is 9.97 Å². The van der Waals surface area contributed by atoms with Crippen LogP contribution in [0.5, 0.6) is 5.88 Å². The highest BCUT2D eigenvalue weighted by atomic mass is 19.1. The molecule has 1 heterocycles. The van der Waals surface area contributed by atoms with Gasteiger partial charge in [0.2, 0.25) is 5.88 Å². The standard InChI is InChI=1S/C15H19FN4O/c1-9(2)13-18-14(20-17)10(3)15(19-13)21-8-11-6-4-5-7-12(11)16/h4-7,9H,8,17H2,1-3H3,(H,18,19,20). The monoisotopic (exact) mass is 290 g/mol. The number of halogens is 1. The van der Waals surface area contributed by atoms with E-state index in [-0.39, 0.29) is 18.3 Å². The minimum absolute atomic E-state index is 0.103. The molecule has 2 aromatic rings. The van der Waals surface area contributed by atoms with E-state index in [4.69, 9.17) is 10.6 Å². The van der Waals surface area contributed by atoms with Crippen molar-refractivity contribution in [2.45, 2.75) is 33.3 Å². The van der Waals surface area contributed by atoms with Crippen molar-refractivity contribution >= 4 is 5.82 Å². The molecule has 1 aromatic heterocycles. The molecule has 2 rings (SSSR count). The summed E-state index contributed by atoms with van der Waals surface area (Å²) in [6.07, 6.45) is 0. The van der Waals surface area contributed by atoms with Gasteiger partial charge in [0.1, 0.15) is 24.1 Å². The third-order valence-electron chi connectivity index (χ3n) is 3.09. The number of hydrogen-bond donors (Lipinski definition) is 2. The molecular weight excluding hydrogens is 271 g/mol. The van der Waals surface area contributed by atoms with Gasteiger partial charge in [-0.25, -0.2) is 15.2 Å². The van der Waals surface area contributed by atoms with Crippen LogP contribution in [0.3, 0.4) is 0 Å². The van der Waals surface area contributed by atoms with Crippen LogP contribution in [0.1, 0.15) is 36.7 Å². The Kier molecular flexibility index (Phi) is 4.70. The Balaban J connectivity index is 2.27. The van der Waals surface area contributed by atoms with E-state index in [0.717, 1.165) is 0 Å². The molecule has 0 saturated carbocycles. The first-order valence-corrected chi connectivity index (χ1v) is 6.74. The Labute approximate surface area is 123 Å². The molecule has 0 fully saturated rings. The van der Waals surface area contributed by atoms with Crippen LogP contribution in [0.15, 0.2) is 24.3 Å². The largest absolute Gasteiger partial charge is 0.472 e. The summed E-state index contributed by atoms with van der Waals surface area (Å²) in [6.45, 7) is 5.86. The van der Waals surface area contributed by atoms with E-state index in [1.165, 1.54) is 6.07 Å². The van der Waals surface area contributed by atoms with E-state index >= 15 is 0 Å². The molecule has 0 aliphatic heterocycles. The molecule has 112 valence electrons. The molecule has 0 bridgehead atoms. The highest BCUT2D eigenvalue weighted by molar-refractivity contribution is 5.47. The Morgan fingerprint density at radius 3 is 2.62 bits per heavy atom. The number of anilines is 1. The molecule has 0 atom stereocenters. The number of nitrogen functional groups attached to an aromatic ring is 1. The smallest absolute Gasteiger partial charge is 0.222 e. The van der Waals surface area contributed by atoms with Gasteiger partial charge in [-0.05, 0) is 13.0 Å². The quantitative estimate of drug-likeness (QED) is 0.654. The lowest BCUT2D eigenvalue weighted by atomic mass is 10.2. The van der Waals surface area contributed by atoms with Gasteiger partial charge in [-0.15, -0.1) is 0 Å². The van der Waals surface area contributed by atoms with Gasteiger partial charge in [0.25, 0.3) is 0 Å². The lowest BCUT2D eigenvalue weighted by Crippen LogP contribution is -2.14. The summed E-state index contributed by atoms with van der Waals surface area (Å²) in [7, 11) is 0. The number of benzene rings is 1. The molecule has 1 aromatic carbocycles. The summed E-state index contributed by atoms with van der Waals surface area (Å²) in [5, 5.41) is 0. The predicted molar refractivity (Wildman–Crippen MR) is 79.4 cm³/mol. The number of hydrazine groups is 1. The third-order valence-corrected chi connectivity index (χ3v) is 3.09. The van der Waals surface area contributed by atoms with Crippen molar-refractivity contribution in [2.75, 3.05) is 5.43 Å². The maximum atomic E-state index is 13.6. The molecular formula is C15H19FN4O. The number of rotatable bonds is 5. The van der Waals surface area contributed by atoms with Gasteiger partial charge in [-0.1, -0.05) is 32.0 Å². The van der Waals surface area contributed by atoms with E-state index in [1.54, 1.807) is 25.1 Å². The molecule has 0 aliphatic rings. The summed E-state index contributed by atoms with van der Waals surface area (Å²) >= 11 is 0. The topological polar surface area (TPSA) is 73.1 Å². The lowest BCUT2D eigenvalue weighted by molar-refractivity contribution is 0.284. The number of aromatic nitrogens is 2. The zero-order valence-electron chi connectivity index (χ0n) is 12.4. The maximum Gasteiger partial charge on any atom is 0.222 e. The van der Waals surface area contributed by atoms with Gasteiger partial charge in [0, 0.05) is 11.5 Å². The van der Waals surface area contributed by atoms with Crippen LogP contribution in [0.4, 0.5) is 10.2 Å². The second-order valence-electron chi connectivity index (χ2n) is 5.04. The molecule has 0 aliphatic carbocycles. The molecule has 0 radical (unpaired) electrons. The van der Waals surface area contributed by atoms with Crippen LogP contribution in [0.2, 0.25) is 0 Å². The summed E-state index contributed by atoms with van der Waals surface area (Å²) in [6, 6.07) is 6.48. The van der Waals surface area contributed by atoms with Crippen LogP contribution in [0, 0.1) is 12.7 Å². The predicted octanol–water partition coefficient (Wildman–Crippen LogP) is 2.91. The van der Waals surface area contributed by atoms with E-state index in [1.807, 2.05) is 13.8 Å². The molecule has 0 spiro atoms. The first kappa shape index (κ1) is 15.2. The number of hydrogen-bond acceptors (Lipinski definition) is 5. The van der Waals surface area contributed by atoms with Gasteiger partial charge in [0.15, 0.2) is 0 Å². The molecule has 6 heteroatoms. The van der Waals surface area contributed by atoms with Gasteiger partial charge in [-0.2, -0.15) is 4.98 Å².